The molecule has 2 aromatic rings. The molecule has 4 heteroatoms. The molecule has 2 rings (SSSR count). The van der Waals surface area contributed by atoms with Crippen molar-refractivity contribution >= 4 is 21.6 Å². The highest BCUT2D eigenvalue weighted by molar-refractivity contribution is 9.10. The van der Waals surface area contributed by atoms with Crippen LogP contribution < -0.4 is 10.2 Å². The fourth-order valence-corrected chi connectivity index (χ4v) is 2.54. The predicted octanol–water partition coefficient (Wildman–Crippen LogP) is 4.33. The van der Waals surface area contributed by atoms with Crippen LogP contribution in [0.25, 0.3) is 0 Å². The van der Waals surface area contributed by atoms with E-state index in [4.69, 9.17) is 0 Å². The molecule has 0 bridgehead atoms. The van der Waals surface area contributed by atoms with Gasteiger partial charge < -0.3 is 10.2 Å². The molecule has 0 aliphatic carbocycles. The first-order valence-electron chi connectivity index (χ1n) is 7.05. The zero-order chi connectivity index (χ0) is 15.2. The molecule has 1 N–H and O–H groups in total. The van der Waals surface area contributed by atoms with Crippen LogP contribution in [0.2, 0.25) is 0 Å². The van der Waals surface area contributed by atoms with Crippen LogP contribution in [0.3, 0.4) is 0 Å². The normalized spacial score (nSPS) is 10.7. The van der Waals surface area contributed by atoms with E-state index in [-0.39, 0.29) is 5.82 Å². The van der Waals surface area contributed by atoms with E-state index in [9.17, 15) is 4.39 Å². The van der Waals surface area contributed by atoms with Crippen LogP contribution in [0.15, 0.2) is 46.9 Å². The average Bonchev–Trinajstić information content (AvgIpc) is 2.48. The van der Waals surface area contributed by atoms with Crippen molar-refractivity contribution in [2.75, 3.05) is 18.5 Å². The molecule has 0 aliphatic rings. The summed E-state index contributed by atoms with van der Waals surface area (Å²) in [7, 11) is 1.99. The Morgan fingerprint density at radius 3 is 2.52 bits per heavy atom. The first-order chi connectivity index (χ1) is 10.1. The Labute approximate surface area is 134 Å². The molecule has 112 valence electrons. The van der Waals surface area contributed by atoms with Gasteiger partial charge in [-0.25, -0.2) is 4.39 Å². The minimum absolute atomic E-state index is 0.156. The van der Waals surface area contributed by atoms with Crippen LogP contribution in [0.4, 0.5) is 10.1 Å². The van der Waals surface area contributed by atoms with E-state index in [0.29, 0.717) is 6.54 Å². The van der Waals surface area contributed by atoms with Crippen LogP contribution in [-0.2, 0) is 13.1 Å². The summed E-state index contributed by atoms with van der Waals surface area (Å²) in [6.45, 7) is 4.13. The number of nitrogens with one attached hydrogen (secondary N) is 1. The van der Waals surface area contributed by atoms with Crippen LogP contribution in [0, 0.1) is 5.82 Å². The molecule has 0 fully saturated rings. The number of hydrogen-bond donors (Lipinski definition) is 1. The van der Waals surface area contributed by atoms with Gasteiger partial charge in [-0.05, 0) is 36.4 Å². The molecule has 0 spiro atoms. The molecule has 0 heterocycles. The smallest absolute Gasteiger partial charge is 0.129 e. The van der Waals surface area contributed by atoms with Gasteiger partial charge in [0.05, 0.1) is 0 Å². The Kier molecular flexibility index (Phi) is 5.76. The van der Waals surface area contributed by atoms with E-state index < -0.39 is 0 Å². The molecule has 0 atom stereocenters. The van der Waals surface area contributed by atoms with Crippen LogP contribution in [0.5, 0.6) is 0 Å². The Bertz CT molecular complexity index is 584. The molecule has 0 aromatic heterocycles. The van der Waals surface area contributed by atoms with Gasteiger partial charge in [0.15, 0.2) is 0 Å². The average molecular weight is 351 g/mol. The summed E-state index contributed by atoms with van der Waals surface area (Å²) in [6, 6.07) is 13.4. The maximum absolute atomic E-state index is 14.1. The Balaban J connectivity index is 2.19. The van der Waals surface area contributed by atoms with Crippen molar-refractivity contribution in [1.82, 2.24) is 5.32 Å². The van der Waals surface area contributed by atoms with E-state index in [1.807, 2.05) is 32.2 Å². The standard InChI is InChI=1S/C17H20BrFN2/c1-3-20-11-15-16(19)5-4-6-17(15)21(2)12-13-7-9-14(18)10-8-13/h4-10,20H,3,11-12H2,1-2H3. The number of halogens is 2. The molecule has 0 saturated carbocycles. The van der Waals surface area contributed by atoms with E-state index in [2.05, 4.69) is 38.3 Å². The lowest BCUT2D eigenvalue weighted by Gasteiger charge is -2.23. The lowest BCUT2D eigenvalue weighted by molar-refractivity contribution is 0.592. The minimum atomic E-state index is -0.156. The molecular formula is C17H20BrFN2. The fourth-order valence-electron chi connectivity index (χ4n) is 2.28. The first-order valence-corrected chi connectivity index (χ1v) is 7.84. The van der Waals surface area contributed by atoms with Gasteiger partial charge in [0, 0.05) is 35.9 Å². The minimum Gasteiger partial charge on any atom is -0.370 e. The third-order valence-corrected chi connectivity index (χ3v) is 3.92. The summed E-state index contributed by atoms with van der Waals surface area (Å²) in [5, 5.41) is 3.20. The maximum atomic E-state index is 14.1. The highest BCUT2D eigenvalue weighted by Gasteiger charge is 2.12. The molecular weight excluding hydrogens is 331 g/mol. The zero-order valence-electron chi connectivity index (χ0n) is 12.4. The Morgan fingerprint density at radius 2 is 1.86 bits per heavy atom. The highest BCUT2D eigenvalue weighted by atomic mass is 79.9. The number of rotatable bonds is 6. The van der Waals surface area contributed by atoms with Crippen molar-refractivity contribution < 1.29 is 4.39 Å². The van der Waals surface area contributed by atoms with Gasteiger partial charge in [-0.3, -0.25) is 0 Å². The topological polar surface area (TPSA) is 15.3 Å². The molecule has 21 heavy (non-hydrogen) atoms. The lowest BCUT2D eigenvalue weighted by atomic mass is 10.1. The van der Waals surface area contributed by atoms with Crippen molar-refractivity contribution in [3.63, 3.8) is 0 Å². The van der Waals surface area contributed by atoms with E-state index in [1.165, 1.54) is 11.6 Å². The fraction of sp³-hybridized carbons (Fsp3) is 0.294. The lowest BCUT2D eigenvalue weighted by Crippen LogP contribution is -2.21. The molecule has 0 amide bonds. The van der Waals surface area contributed by atoms with Gasteiger partial charge in [0.25, 0.3) is 0 Å². The molecule has 0 aliphatic heterocycles. The van der Waals surface area contributed by atoms with Crippen molar-refractivity contribution in [3.05, 3.63) is 63.9 Å². The molecule has 0 radical (unpaired) electrons. The van der Waals surface area contributed by atoms with Gasteiger partial charge in [-0.2, -0.15) is 0 Å². The van der Waals surface area contributed by atoms with E-state index in [0.717, 1.165) is 28.8 Å². The summed E-state index contributed by atoms with van der Waals surface area (Å²) >= 11 is 3.43. The largest absolute Gasteiger partial charge is 0.370 e. The summed E-state index contributed by atoms with van der Waals surface area (Å²) in [6.07, 6.45) is 0. The van der Waals surface area contributed by atoms with Gasteiger partial charge in [0.2, 0.25) is 0 Å². The number of hydrogen-bond acceptors (Lipinski definition) is 2. The second-order valence-corrected chi connectivity index (χ2v) is 5.92. The third kappa shape index (κ3) is 4.29. The van der Waals surface area contributed by atoms with Gasteiger partial charge in [-0.15, -0.1) is 0 Å². The van der Waals surface area contributed by atoms with Crippen LogP contribution >= 0.6 is 15.9 Å². The summed E-state index contributed by atoms with van der Waals surface area (Å²) < 4.78 is 15.1. The van der Waals surface area contributed by atoms with Crippen molar-refractivity contribution in [2.45, 2.75) is 20.0 Å². The Hall–Kier alpha value is -1.39. The predicted molar refractivity (Wildman–Crippen MR) is 90.0 cm³/mol. The quantitative estimate of drug-likeness (QED) is 0.833. The number of benzene rings is 2. The number of nitrogens with zero attached hydrogens (tertiary/aromatic N) is 1. The summed E-state index contributed by atoms with van der Waals surface area (Å²) in [4.78, 5) is 2.08. The second-order valence-electron chi connectivity index (χ2n) is 5.00. The summed E-state index contributed by atoms with van der Waals surface area (Å²) in [5.41, 5.74) is 2.84. The maximum Gasteiger partial charge on any atom is 0.129 e. The van der Waals surface area contributed by atoms with Gasteiger partial charge in [0.1, 0.15) is 5.82 Å². The third-order valence-electron chi connectivity index (χ3n) is 3.39. The molecule has 0 unspecified atom stereocenters. The zero-order valence-corrected chi connectivity index (χ0v) is 14.0. The number of anilines is 1. The molecule has 2 nitrogen and oxygen atoms in total. The monoisotopic (exact) mass is 350 g/mol. The van der Waals surface area contributed by atoms with Crippen LogP contribution in [-0.4, -0.2) is 13.6 Å². The van der Waals surface area contributed by atoms with E-state index in [1.54, 1.807) is 6.07 Å². The SMILES string of the molecule is CCNCc1c(F)cccc1N(C)Cc1ccc(Br)cc1. The van der Waals surface area contributed by atoms with Gasteiger partial charge in [-0.1, -0.05) is 41.1 Å². The molecule has 2 aromatic carbocycles. The van der Waals surface area contributed by atoms with Crippen molar-refractivity contribution in [3.8, 4) is 0 Å². The first kappa shape index (κ1) is 16.0. The van der Waals surface area contributed by atoms with Crippen LogP contribution in [0.1, 0.15) is 18.1 Å². The second kappa shape index (κ2) is 7.57. The highest BCUT2D eigenvalue weighted by Crippen LogP contribution is 2.24. The molecule has 0 saturated heterocycles. The van der Waals surface area contributed by atoms with Crippen molar-refractivity contribution in [2.24, 2.45) is 0 Å². The van der Waals surface area contributed by atoms with Crippen molar-refractivity contribution in [1.29, 1.82) is 0 Å². The Morgan fingerprint density at radius 1 is 1.14 bits per heavy atom. The van der Waals surface area contributed by atoms with Gasteiger partial charge >= 0.3 is 0 Å². The van der Waals surface area contributed by atoms with E-state index >= 15 is 0 Å². The summed E-state index contributed by atoms with van der Waals surface area (Å²) in [5.74, 6) is -0.156.